The molecule has 0 aliphatic rings. The van der Waals surface area contributed by atoms with Gasteiger partial charge in [0.2, 0.25) is 11.9 Å². The number of carbonyl (C=O) groups excluding carboxylic acids is 1. The SMILES string of the molecule is COc1cccc(NC(=O)Cn2c(N(C)Cc3ccccc3)nc(C)cc2=O)c1. The van der Waals surface area contributed by atoms with Crippen LogP contribution in [0.1, 0.15) is 11.3 Å². The first-order valence-corrected chi connectivity index (χ1v) is 9.23. The molecule has 0 unspecified atom stereocenters. The van der Waals surface area contributed by atoms with Crippen molar-refractivity contribution in [3.63, 3.8) is 0 Å². The maximum Gasteiger partial charge on any atom is 0.255 e. The number of amides is 1. The molecule has 1 heterocycles. The second kappa shape index (κ2) is 9.05. The maximum atomic E-state index is 12.6. The third-order valence-corrected chi connectivity index (χ3v) is 4.38. The molecule has 0 radical (unpaired) electrons. The molecule has 0 saturated heterocycles. The Morgan fingerprint density at radius 3 is 2.62 bits per heavy atom. The van der Waals surface area contributed by atoms with Gasteiger partial charge in [-0.05, 0) is 24.6 Å². The minimum Gasteiger partial charge on any atom is -0.497 e. The fourth-order valence-electron chi connectivity index (χ4n) is 3.02. The molecule has 0 saturated carbocycles. The average molecular weight is 392 g/mol. The average Bonchev–Trinajstić information content (AvgIpc) is 2.70. The molecule has 29 heavy (non-hydrogen) atoms. The number of nitrogens with one attached hydrogen (secondary N) is 1. The van der Waals surface area contributed by atoms with Gasteiger partial charge in [0.15, 0.2) is 0 Å². The lowest BCUT2D eigenvalue weighted by molar-refractivity contribution is -0.116. The summed E-state index contributed by atoms with van der Waals surface area (Å²) in [6.07, 6.45) is 0. The number of aryl methyl sites for hydroxylation is 1. The highest BCUT2D eigenvalue weighted by Gasteiger charge is 2.15. The van der Waals surface area contributed by atoms with Crippen molar-refractivity contribution in [3.8, 4) is 5.75 Å². The van der Waals surface area contributed by atoms with Crippen molar-refractivity contribution >= 4 is 17.5 Å². The first-order valence-electron chi connectivity index (χ1n) is 9.23. The predicted octanol–water partition coefficient (Wildman–Crippen LogP) is 2.84. The number of anilines is 2. The number of nitrogens with zero attached hydrogens (tertiary/aromatic N) is 3. The van der Waals surface area contributed by atoms with E-state index in [4.69, 9.17) is 4.74 Å². The predicted molar refractivity (Wildman–Crippen MR) is 113 cm³/mol. The number of aromatic nitrogens is 2. The minimum absolute atomic E-state index is 0.141. The van der Waals surface area contributed by atoms with Crippen molar-refractivity contribution in [2.75, 3.05) is 24.4 Å². The summed E-state index contributed by atoms with van der Waals surface area (Å²) in [5.74, 6) is 0.764. The van der Waals surface area contributed by atoms with Crippen LogP contribution < -0.4 is 20.5 Å². The number of hydrogen-bond acceptors (Lipinski definition) is 5. The molecule has 0 aliphatic carbocycles. The third-order valence-electron chi connectivity index (χ3n) is 4.38. The number of hydrogen-bond donors (Lipinski definition) is 1. The van der Waals surface area contributed by atoms with Gasteiger partial charge in [-0.3, -0.25) is 14.2 Å². The highest BCUT2D eigenvalue weighted by molar-refractivity contribution is 5.90. The van der Waals surface area contributed by atoms with E-state index in [1.807, 2.05) is 42.3 Å². The van der Waals surface area contributed by atoms with Crippen LogP contribution in [0.2, 0.25) is 0 Å². The van der Waals surface area contributed by atoms with E-state index in [-0.39, 0.29) is 18.0 Å². The Labute approximate surface area is 169 Å². The van der Waals surface area contributed by atoms with Crippen LogP contribution in [0.15, 0.2) is 65.5 Å². The summed E-state index contributed by atoms with van der Waals surface area (Å²) >= 11 is 0. The van der Waals surface area contributed by atoms with Gasteiger partial charge in [-0.15, -0.1) is 0 Å². The van der Waals surface area contributed by atoms with Gasteiger partial charge in [-0.1, -0.05) is 36.4 Å². The van der Waals surface area contributed by atoms with E-state index in [1.54, 1.807) is 38.3 Å². The molecular formula is C22H24N4O3. The van der Waals surface area contributed by atoms with Gasteiger partial charge in [0.1, 0.15) is 12.3 Å². The number of benzene rings is 2. The summed E-state index contributed by atoms with van der Waals surface area (Å²) in [5, 5.41) is 2.80. The number of rotatable bonds is 7. The molecule has 1 amide bonds. The zero-order valence-electron chi connectivity index (χ0n) is 16.8. The van der Waals surface area contributed by atoms with Crippen LogP contribution in [0.25, 0.3) is 0 Å². The summed E-state index contributed by atoms with van der Waals surface area (Å²) in [5.41, 5.74) is 2.02. The summed E-state index contributed by atoms with van der Waals surface area (Å²) in [7, 11) is 3.41. The fraction of sp³-hybridized carbons (Fsp3) is 0.227. The Balaban J connectivity index is 1.82. The first kappa shape index (κ1) is 20.1. The Bertz CT molecular complexity index is 1050. The number of methoxy groups -OCH3 is 1. The molecule has 3 rings (SSSR count). The van der Waals surface area contributed by atoms with Crippen molar-refractivity contribution in [1.29, 1.82) is 0 Å². The van der Waals surface area contributed by atoms with Gasteiger partial charge in [0, 0.05) is 37.1 Å². The molecule has 3 aromatic rings. The second-order valence-corrected chi connectivity index (χ2v) is 6.74. The van der Waals surface area contributed by atoms with Crippen LogP contribution in [0, 0.1) is 6.92 Å². The molecule has 0 bridgehead atoms. The van der Waals surface area contributed by atoms with E-state index in [0.29, 0.717) is 29.6 Å². The normalized spacial score (nSPS) is 10.4. The summed E-state index contributed by atoms with van der Waals surface area (Å²) in [6.45, 7) is 2.19. The smallest absolute Gasteiger partial charge is 0.255 e. The summed E-state index contributed by atoms with van der Waals surface area (Å²) in [4.78, 5) is 31.6. The number of carbonyl (C=O) groups is 1. The fourth-order valence-corrected chi connectivity index (χ4v) is 3.02. The van der Waals surface area contributed by atoms with Crippen molar-refractivity contribution < 1.29 is 9.53 Å². The zero-order valence-corrected chi connectivity index (χ0v) is 16.8. The lowest BCUT2D eigenvalue weighted by Gasteiger charge is -2.22. The Kier molecular flexibility index (Phi) is 6.29. The van der Waals surface area contributed by atoms with Crippen molar-refractivity contribution in [1.82, 2.24) is 9.55 Å². The highest BCUT2D eigenvalue weighted by Crippen LogP contribution is 2.17. The van der Waals surface area contributed by atoms with Gasteiger partial charge >= 0.3 is 0 Å². The van der Waals surface area contributed by atoms with E-state index in [2.05, 4.69) is 10.3 Å². The first-order chi connectivity index (χ1) is 14.0. The van der Waals surface area contributed by atoms with Gasteiger partial charge in [0.25, 0.3) is 5.56 Å². The maximum absolute atomic E-state index is 12.6. The van der Waals surface area contributed by atoms with Gasteiger partial charge < -0.3 is 15.0 Å². The van der Waals surface area contributed by atoms with Gasteiger partial charge in [-0.2, -0.15) is 0 Å². The largest absolute Gasteiger partial charge is 0.497 e. The monoisotopic (exact) mass is 392 g/mol. The van der Waals surface area contributed by atoms with E-state index >= 15 is 0 Å². The molecule has 0 fully saturated rings. The zero-order chi connectivity index (χ0) is 20.8. The van der Waals surface area contributed by atoms with E-state index in [9.17, 15) is 9.59 Å². The topological polar surface area (TPSA) is 76.5 Å². The number of ether oxygens (including phenoxy) is 1. The Morgan fingerprint density at radius 2 is 1.90 bits per heavy atom. The molecule has 2 aromatic carbocycles. The molecule has 0 aliphatic heterocycles. The van der Waals surface area contributed by atoms with E-state index in [0.717, 1.165) is 5.56 Å². The molecule has 1 aromatic heterocycles. The van der Waals surface area contributed by atoms with Crippen molar-refractivity contribution in [3.05, 3.63) is 82.3 Å². The van der Waals surface area contributed by atoms with Crippen LogP contribution in [-0.4, -0.2) is 29.6 Å². The van der Waals surface area contributed by atoms with Crippen LogP contribution in [0.4, 0.5) is 11.6 Å². The molecular weight excluding hydrogens is 368 g/mol. The Morgan fingerprint density at radius 1 is 1.14 bits per heavy atom. The van der Waals surface area contributed by atoms with Gasteiger partial charge in [-0.25, -0.2) is 4.98 Å². The van der Waals surface area contributed by atoms with Gasteiger partial charge in [0.05, 0.1) is 7.11 Å². The second-order valence-electron chi connectivity index (χ2n) is 6.74. The Hall–Kier alpha value is -3.61. The lowest BCUT2D eigenvalue weighted by atomic mass is 10.2. The van der Waals surface area contributed by atoms with Crippen LogP contribution in [0.3, 0.4) is 0 Å². The molecule has 0 atom stereocenters. The van der Waals surface area contributed by atoms with Crippen LogP contribution in [0.5, 0.6) is 5.75 Å². The minimum atomic E-state index is -0.319. The third kappa shape index (κ3) is 5.22. The van der Waals surface area contributed by atoms with Crippen molar-refractivity contribution in [2.24, 2.45) is 0 Å². The van der Waals surface area contributed by atoms with Crippen LogP contribution >= 0.6 is 0 Å². The summed E-state index contributed by atoms with van der Waals surface area (Å²) in [6, 6.07) is 18.4. The van der Waals surface area contributed by atoms with Crippen LogP contribution in [-0.2, 0) is 17.9 Å². The standard InChI is InChI=1S/C22H24N4O3/c1-16-12-21(28)26(15-20(27)24-18-10-7-11-19(13-18)29-3)22(23-16)25(2)14-17-8-5-4-6-9-17/h4-13H,14-15H2,1-3H3,(H,24,27). The van der Waals surface area contributed by atoms with E-state index in [1.165, 1.54) is 10.6 Å². The quantitative estimate of drug-likeness (QED) is 0.669. The van der Waals surface area contributed by atoms with Crippen molar-refractivity contribution in [2.45, 2.75) is 20.0 Å². The molecule has 150 valence electrons. The summed E-state index contributed by atoms with van der Waals surface area (Å²) < 4.78 is 6.55. The lowest BCUT2D eigenvalue weighted by Crippen LogP contribution is -2.34. The molecule has 7 heteroatoms. The van der Waals surface area contributed by atoms with E-state index < -0.39 is 0 Å². The highest BCUT2D eigenvalue weighted by atomic mass is 16.5. The molecule has 1 N–H and O–H groups in total. The molecule has 0 spiro atoms. The molecule has 7 nitrogen and oxygen atoms in total.